The van der Waals surface area contributed by atoms with Gasteiger partial charge in [-0.3, -0.25) is 13.5 Å². The number of hydrogen-bond donors (Lipinski definition) is 2. The van der Waals surface area contributed by atoms with E-state index in [2.05, 4.69) is 48.2 Å². The molecule has 2 atom stereocenters. The molecule has 1 aliphatic rings. The van der Waals surface area contributed by atoms with Gasteiger partial charge in [0.25, 0.3) is 5.91 Å². The van der Waals surface area contributed by atoms with Crippen LogP contribution in [0.25, 0.3) is 0 Å². The van der Waals surface area contributed by atoms with E-state index in [0.29, 0.717) is 12.8 Å². The summed E-state index contributed by atoms with van der Waals surface area (Å²) in [6, 6.07) is 0. The minimum absolute atomic E-state index is 0.0606. The van der Waals surface area contributed by atoms with E-state index in [0.717, 1.165) is 29.5 Å². The molecule has 170 valence electrons. The fourth-order valence-electron chi connectivity index (χ4n) is 4.20. The predicted octanol–water partition coefficient (Wildman–Crippen LogP) is 3.63. The van der Waals surface area contributed by atoms with Crippen molar-refractivity contribution in [1.82, 2.24) is 9.27 Å². The van der Waals surface area contributed by atoms with Crippen LogP contribution in [0.2, 0.25) is 0 Å². The van der Waals surface area contributed by atoms with Crippen LogP contribution in [0.1, 0.15) is 79.7 Å². The Morgan fingerprint density at radius 3 is 2.57 bits per heavy atom. The molecule has 0 bridgehead atoms. The fourth-order valence-corrected chi connectivity index (χ4v) is 5.23. The number of aryl methyl sites for hydroxylation is 1. The molecule has 1 aromatic rings. The van der Waals surface area contributed by atoms with Gasteiger partial charge >= 0.3 is 0 Å². The Kier molecular flexibility index (Phi) is 7.73. The lowest BCUT2D eigenvalue weighted by molar-refractivity contribution is -0.136. The van der Waals surface area contributed by atoms with Gasteiger partial charge in [0.1, 0.15) is 4.67 Å². The van der Waals surface area contributed by atoms with E-state index in [9.17, 15) is 9.59 Å². The second kappa shape index (κ2) is 9.35. The van der Waals surface area contributed by atoms with Crippen molar-refractivity contribution in [3.63, 3.8) is 0 Å². The third-order valence-electron chi connectivity index (χ3n) is 6.82. The van der Waals surface area contributed by atoms with Crippen LogP contribution < -0.4 is 9.99 Å². The molecule has 7 heteroatoms. The lowest BCUT2D eigenvalue weighted by Gasteiger charge is -2.38. The molecule has 0 saturated heterocycles. The van der Waals surface area contributed by atoms with Gasteiger partial charge < -0.3 is 10.4 Å². The highest BCUT2D eigenvalue weighted by Crippen LogP contribution is 2.56. The highest BCUT2D eigenvalue weighted by molar-refractivity contribution is 7.04. The van der Waals surface area contributed by atoms with E-state index in [1.807, 2.05) is 20.8 Å². The van der Waals surface area contributed by atoms with Crippen molar-refractivity contribution < 1.29 is 14.7 Å². The van der Waals surface area contributed by atoms with Crippen LogP contribution in [0.3, 0.4) is 0 Å². The zero-order valence-electron chi connectivity index (χ0n) is 19.7. The smallest absolute Gasteiger partial charge is 0.253 e. The summed E-state index contributed by atoms with van der Waals surface area (Å²) >= 11 is 1.54. The Morgan fingerprint density at radius 1 is 1.33 bits per heavy atom. The monoisotopic (exact) mass is 437 g/mol. The zero-order chi connectivity index (χ0) is 22.7. The molecule has 0 aromatic carbocycles. The van der Waals surface area contributed by atoms with Crippen molar-refractivity contribution >= 4 is 23.3 Å². The molecule has 0 spiro atoms. The largest absolute Gasteiger partial charge is 0.395 e. The number of aliphatic hydroxyl groups excluding tert-OH is 1. The van der Waals surface area contributed by atoms with E-state index in [-0.39, 0.29) is 36.4 Å². The van der Waals surface area contributed by atoms with Gasteiger partial charge in [-0.15, -0.1) is 0 Å². The number of carbonyl (C=O) groups is 2. The number of aliphatic hydroxyl groups is 1. The van der Waals surface area contributed by atoms with Gasteiger partial charge in [-0.25, -0.2) is 4.99 Å². The molecule has 1 aromatic heterocycles. The molecule has 0 aliphatic heterocycles. The SMILES string of the molecule is CCCCc1cn(C(C)(C)C)s/c1=N\C(=O)[C@]1(C)CC[C@H](C(=O)NCCO)C1(C)C. The Bertz CT molecular complexity index is 831. The summed E-state index contributed by atoms with van der Waals surface area (Å²) in [5.74, 6) is -0.489. The number of amides is 2. The molecule has 2 amide bonds. The topological polar surface area (TPSA) is 83.7 Å². The second-order valence-electron chi connectivity index (χ2n) is 10.2. The van der Waals surface area contributed by atoms with Crippen LogP contribution in [0, 0.1) is 16.7 Å². The summed E-state index contributed by atoms with van der Waals surface area (Å²) in [6.07, 6.45) is 6.49. The van der Waals surface area contributed by atoms with Crippen molar-refractivity contribution in [2.24, 2.45) is 21.7 Å². The van der Waals surface area contributed by atoms with Crippen LogP contribution in [0.5, 0.6) is 0 Å². The van der Waals surface area contributed by atoms with Crippen molar-refractivity contribution in [3.8, 4) is 0 Å². The molecule has 1 heterocycles. The van der Waals surface area contributed by atoms with Crippen LogP contribution in [0.4, 0.5) is 0 Å². The Morgan fingerprint density at radius 2 is 2.00 bits per heavy atom. The maximum Gasteiger partial charge on any atom is 0.253 e. The summed E-state index contributed by atoms with van der Waals surface area (Å²) in [6.45, 7) is 14.7. The molecule has 1 aliphatic carbocycles. The highest BCUT2D eigenvalue weighted by Gasteiger charge is 2.58. The van der Waals surface area contributed by atoms with Crippen molar-refractivity contribution in [1.29, 1.82) is 0 Å². The minimum Gasteiger partial charge on any atom is -0.395 e. The van der Waals surface area contributed by atoms with E-state index in [1.54, 1.807) is 11.5 Å². The van der Waals surface area contributed by atoms with Gasteiger partial charge in [-0.2, -0.15) is 0 Å². The normalized spacial score (nSPS) is 24.3. The average Bonchev–Trinajstić information content (AvgIpc) is 3.17. The molecule has 30 heavy (non-hydrogen) atoms. The van der Waals surface area contributed by atoms with Crippen molar-refractivity contribution in [2.75, 3.05) is 13.2 Å². The van der Waals surface area contributed by atoms with E-state index < -0.39 is 10.8 Å². The van der Waals surface area contributed by atoms with Gasteiger partial charge in [0, 0.05) is 29.8 Å². The molecule has 1 saturated carbocycles. The lowest BCUT2D eigenvalue weighted by atomic mass is 9.65. The van der Waals surface area contributed by atoms with Gasteiger partial charge in [0.2, 0.25) is 5.91 Å². The predicted molar refractivity (Wildman–Crippen MR) is 121 cm³/mol. The molecular weight excluding hydrogens is 398 g/mol. The highest BCUT2D eigenvalue weighted by atomic mass is 32.1. The third-order valence-corrected chi connectivity index (χ3v) is 8.20. The number of rotatable bonds is 7. The first-order valence-corrected chi connectivity index (χ1v) is 11.9. The molecular formula is C23H39N3O3S. The number of unbranched alkanes of at least 4 members (excludes halogenated alkanes) is 1. The van der Waals surface area contributed by atoms with Crippen LogP contribution in [0.15, 0.2) is 11.2 Å². The van der Waals surface area contributed by atoms with Gasteiger partial charge in [0.15, 0.2) is 0 Å². The van der Waals surface area contributed by atoms with Crippen LogP contribution in [-0.4, -0.2) is 34.0 Å². The van der Waals surface area contributed by atoms with Gasteiger partial charge in [0.05, 0.1) is 12.0 Å². The summed E-state index contributed by atoms with van der Waals surface area (Å²) in [5, 5.41) is 11.8. The molecule has 0 radical (unpaired) electrons. The van der Waals surface area contributed by atoms with Crippen LogP contribution in [-0.2, 0) is 21.5 Å². The number of nitrogens with zero attached hydrogens (tertiary/aromatic N) is 2. The Balaban J connectivity index is 2.39. The summed E-state index contributed by atoms with van der Waals surface area (Å²) in [4.78, 5) is 30.7. The molecule has 2 rings (SSSR count). The minimum atomic E-state index is -0.702. The Labute approximate surface area is 184 Å². The van der Waals surface area contributed by atoms with Crippen molar-refractivity contribution in [3.05, 3.63) is 16.4 Å². The second-order valence-corrected chi connectivity index (χ2v) is 11.2. The fraction of sp³-hybridized carbons (Fsp3) is 0.783. The average molecular weight is 438 g/mol. The maximum atomic E-state index is 13.5. The summed E-state index contributed by atoms with van der Waals surface area (Å²) in [5.41, 5.74) is -0.155. The third kappa shape index (κ3) is 4.88. The first-order valence-electron chi connectivity index (χ1n) is 11.1. The molecule has 2 N–H and O–H groups in total. The van der Waals surface area contributed by atoms with E-state index in [1.165, 1.54) is 0 Å². The Hall–Kier alpha value is -1.47. The van der Waals surface area contributed by atoms with E-state index in [4.69, 9.17) is 5.11 Å². The van der Waals surface area contributed by atoms with Crippen molar-refractivity contribution in [2.45, 2.75) is 86.1 Å². The number of hydrogen-bond acceptors (Lipinski definition) is 4. The lowest BCUT2D eigenvalue weighted by Crippen LogP contribution is -2.45. The molecule has 1 fully saturated rings. The summed E-state index contributed by atoms with van der Waals surface area (Å²) < 4.78 is 2.98. The van der Waals surface area contributed by atoms with E-state index >= 15 is 0 Å². The maximum absolute atomic E-state index is 13.5. The van der Waals surface area contributed by atoms with Gasteiger partial charge in [-0.05, 0) is 63.4 Å². The molecule has 0 unspecified atom stereocenters. The number of carbonyl (C=O) groups excluding carboxylic acids is 2. The quantitative estimate of drug-likeness (QED) is 0.683. The zero-order valence-corrected chi connectivity index (χ0v) is 20.5. The standard InChI is InChI=1S/C23H39N3O3S/c1-8-9-10-16-15-26(21(2,3)4)30-19(16)25-20(29)23(7)12-11-17(22(23,5)6)18(28)24-13-14-27/h15,17,27H,8-14H2,1-7H3,(H,24,28)/b25-19-/t17-,23+/m1/s1. The number of nitrogens with one attached hydrogen (secondary N) is 1. The number of aromatic nitrogens is 1. The van der Waals surface area contributed by atoms with Crippen LogP contribution >= 0.6 is 11.5 Å². The molecule has 6 nitrogen and oxygen atoms in total. The van der Waals surface area contributed by atoms with Gasteiger partial charge in [-0.1, -0.05) is 34.1 Å². The first-order chi connectivity index (χ1) is 13.9. The summed E-state index contributed by atoms with van der Waals surface area (Å²) in [7, 11) is 0. The first kappa shape index (κ1) is 24.8.